The third kappa shape index (κ3) is 5.43. The van der Waals surface area contributed by atoms with Crippen LogP contribution in [0.4, 0.5) is 5.69 Å². The first-order chi connectivity index (χ1) is 10.1. The van der Waals surface area contributed by atoms with E-state index in [1.54, 1.807) is 0 Å². The fourth-order valence-electron chi connectivity index (χ4n) is 2.44. The minimum atomic E-state index is 0.0168. The second-order valence-electron chi connectivity index (χ2n) is 5.53. The van der Waals surface area contributed by atoms with Crippen molar-refractivity contribution in [3.05, 3.63) is 40.4 Å². The van der Waals surface area contributed by atoms with Crippen LogP contribution < -0.4 is 10.6 Å². The standard InChI is InChI=1S/C17H23ClN2O/c1-13-7-8-15(11-16(13)18)20-12-17(21)19-10-9-14-5-3-2-4-6-14/h5,7-8,11,20H,2-4,6,9-10,12H2,1H3,(H,19,21). The van der Waals surface area contributed by atoms with E-state index in [4.69, 9.17) is 11.6 Å². The summed E-state index contributed by atoms with van der Waals surface area (Å²) in [6.07, 6.45) is 8.27. The zero-order valence-corrected chi connectivity index (χ0v) is 13.3. The lowest BCUT2D eigenvalue weighted by Gasteiger charge is -2.13. The number of allylic oxidation sites excluding steroid dienone is 1. The molecule has 0 bridgehead atoms. The van der Waals surface area contributed by atoms with Gasteiger partial charge in [-0.05, 0) is 56.7 Å². The number of nitrogens with one attached hydrogen (secondary N) is 2. The Kier molecular flexibility index (Phi) is 6.12. The minimum absolute atomic E-state index is 0.0168. The van der Waals surface area contributed by atoms with Crippen molar-refractivity contribution in [1.82, 2.24) is 5.32 Å². The molecule has 0 saturated carbocycles. The largest absolute Gasteiger partial charge is 0.376 e. The van der Waals surface area contributed by atoms with Crippen LogP contribution in [0.3, 0.4) is 0 Å². The predicted molar refractivity (Wildman–Crippen MR) is 88.9 cm³/mol. The molecule has 2 rings (SSSR count). The molecule has 1 amide bonds. The number of halogens is 1. The summed E-state index contributed by atoms with van der Waals surface area (Å²) in [5.74, 6) is 0.0168. The van der Waals surface area contributed by atoms with Gasteiger partial charge in [0, 0.05) is 17.3 Å². The van der Waals surface area contributed by atoms with Crippen molar-refractivity contribution in [2.45, 2.75) is 39.0 Å². The second-order valence-corrected chi connectivity index (χ2v) is 5.93. The van der Waals surface area contributed by atoms with Crippen LogP contribution in [0.1, 0.15) is 37.7 Å². The molecule has 1 aromatic carbocycles. The number of carbonyl (C=O) groups is 1. The third-order valence-corrected chi connectivity index (χ3v) is 4.19. The van der Waals surface area contributed by atoms with Gasteiger partial charge in [-0.3, -0.25) is 4.79 Å². The Balaban J connectivity index is 1.67. The Morgan fingerprint density at radius 3 is 2.90 bits per heavy atom. The van der Waals surface area contributed by atoms with Crippen molar-refractivity contribution in [1.29, 1.82) is 0 Å². The monoisotopic (exact) mass is 306 g/mol. The lowest BCUT2D eigenvalue weighted by Crippen LogP contribution is -2.30. The van der Waals surface area contributed by atoms with E-state index in [9.17, 15) is 4.79 Å². The summed E-state index contributed by atoms with van der Waals surface area (Å²) < 4.78 is 0. The van der Waals surface area contributed by atoms with Crippen molar-refractivity contribution >= 4 is 23.2 Å². The summed E-state index contributed by atoms with van der Waals surface area (Å²) >= 11 is 6.05. The van der Waals surface area contributed by atoms with Crippen LogP contribution in [0.5, 0.6) is 0 Å². The molecule has 0 aromatic heterocycles. The molecule has 4 heteroatoms. The van der Waals surface area contributed by atoms with Gasteiger partial charge in [0.05, 0.1) is 6.54 Å². The van der Waals surface area contributed by atoms with Crippen LogP contribution in [0, 0.1) is 6.92 Å². The van der Waals surface area contributed by atoms with Crippen molar-refractivity contribution in [2.24, 2.45) is 0 Å². The Morgan fingerprint density at radius 2 is 2.19 bits per heavy atom. The highest BCUT2D eigenvalue weighted by molar-refractivity contribution is 6.31. The van der Waals surface area contributed by atoms with E-state index in [2.05, 4.69) is 16.7 Å². The van der Waals surface area contributed by atoms with Gasteiger partial charge in [-0.1, -0.05) is 29.3 Å². The SMILES string of the molecule is Cc1ccc(NCC(=O)NCCC2=CCCCC2)cc1Cl. The maximum absolute atomic E-state index is 11.8. The molecule has 0 aliphatic heterocycles. The van der Waals surface area contributed by atoms with Gasteiger partial charge in [0.2, 0.25) is 5.91 Å². The van der Waals surface area contributed by atoms with Crippen LogP contribution in [0.2, 0.25) is 5.02 Å². The molecule has 0 radical (unpaired) electrons. The molecule has 0 spiro atoms. The predicted octanol–water partition coefficient (Wildman–Crippen LogP) is 4.07. The summed E-state index contributed by atoms with van der Waals surface area (Å²) in [5.41, 5.74) is 3.39. The quantitative estimate of drug-likeness (QED) is 0.778. The fourth-order valence-corrected chi connectivity index (χ4v) is 2.62. The molecule has 2 N–H and O–H groups in total. The number of anilines is 1. The van der Waals surface area contributed by atoms with Gasteiger partial charge in [0.15, 0.2) is 0 Å². The lowest BCUT2D eigenvalue weighted by molar-refractivity contribution is -0.119. The van der Waals surface area contributed by atoms with E-state index in [1.807, 2.05) is 25.1 Å². The highest BCUT2D eigenvalue weighted by atomic mass is 35.5. The van der Waals surface area contributed by atoms with E-state index in [-0.39, 0.29) is 12.5 Å². The molecule has 0 unspecified atom stereocenters. The van der Waals surface area contributed by atoms with Gasteiger partial charge in [0.25, 0.3) is 0 Å². The van der Waals surface area contributed by atoms with Gasteiger partial charge in [-0.25, -0.2) is 0 Å². The number of amides is 1. The van der Waals surface area contributed by atoms with Crippen LogP contribution in [0.25, 0.3) is 0 Å². The fraction of sp³-hybridized carbons (Fsp3) is 0.471. The van der Waals surface area contributed by atoms with Crippen LogP contribution >= 0.6 is 11.6 Å². The Bertz CT molecular complexity index is 526. The summed E-state index contributed by atoms with van der Waals surface area (Å²) in [4.78, 5) is 11.8. The highest BCUT2D eigenvalue weighted by Gasteiger charge is 2.05. The molecule has 114 valence electrons. The topological polar surface area (TPSA) is 41.1 Å². The van der Waals surface area contributed by atoms with Gasteiger partial charge in [0.1, 0.15) is 0 Å². The van der Waals surface area contributed by atoms with Crippen molar-refractivity contribution in [2.75, 3.05) is 18.4 Å². The average Bonchev–Trinajstić information content (AvgIpc) is 2.49. The van der Waals surface area contributed by atoms with E-state index in [0.29, 0.717) is 5.02 Å². The van der Waals surface area contributed by atoms with E-state index < -0.39 is 0 Å². The molecule has 21 heavy (non-hydrogen) atoms. The molecule has 1 aliphatic carbocycles. The Morgan fingerprint density at radius 1 is 1.33 bits per heavy atom. The van der Waals surface area contributed by atoms with Gasteiger partial charge in [-0.2, -0.15) is 0 Å². The third-order valence-electron chi connectivity index (χ3n) is 3.78. The van der Waals surface area contributed by atoms with Gasteiger partial charge >= 0.3 is 0 Å². The number of benzene rings is 1. The summed E-state index contributed by atoms with van der Waals surface area (Å²) in [6.45, 7) is 2.96. The molecule has 0 heterocycles. The molecule has 0 fully saturated rings. The zero-order valence-electron chi connectivity index (χ0n) is 12.5. The van der Waals surface area contributed by atoms with E-state index in [0.717, 1.165) is 24.2 Å². The first-order valence-electron chi connectivity index (χ1n) is 7.60. The lowest BCUT2D eigenvalue weighted by atomic mass is 9.97. The smallest absolute Gasteiger partial charge is 0.239 e. The minimum Gasteiger partial charge on any atom is -0.376 e. The number of hydrogen-bond donors (Lipinski definition) is 2. The zero-order chi connectivity index (χ0) is 15.1. The number of carbonyl (C=O) groups excluding carboxylic acids is 1. The summed E-state index contributed by atoms with van der Waals surface area (Å²) in [7, 11) is 0. The Labute approximate surface area is 131 Å². The molecule has 1 aromatic rings. The van der Waals surface area contributed by atoms with Gasteiger partial charge in [-0.15, -0.1) is 0 Å². The molecule has 0 atom stereocenters. The average molecular weight is 307 g/mol. The molecular weight excluding hydrogens is 284 g/mol. The molecule has 3 nitrogen and oxygen atoms in total. The van der Waals surface area contributed by atoms with Crippen LogP contribution in [-0.4, -0.2) is 19.0 Å². The number of rotatable bonds is 6. The van der Waals surface area contributed by atoms with Crippen LogP contribution in [-0.2, 0) is 4.79 Å². The number of hydrogen-bond acceptors (Lipinski definition) is 2. The highest BCUT2D eigenvalue weighted by Crippen LogP contribution is 2.20. The van der Waals surface area contributed by atoms with Crippen molar-refractivity contribution < 1.29 is 4.79 Å². The molecule has 1 aliphatic rings. The summed E-state index contributed by atoms with van der Waals surface area (Å²) in [6, 6.07) is 5.72. The number of aryl methyl sites for hydroxylation is 1. The second kappa shape index (κ2) is 8.08. The summed E-state index contributed by atoms with van der Waals surface area (Å²) in [5, 5.41) is 6.75. The first kappa shape index (κ1) is 15.9. The van der Waals surface area contributed by atoms with Crippen LogP contribution in [0.15, 0.2) is 29.8 Å². The van der Waals surface area contributed by atoms with Crippen molar-refractivity contribution in [3.8, 4) is 0 Å². The van der Waals surface area contributed by atoms with Gasteiger partial charge < -0.3 is 10.6 Å². The van der Waals surface area contributed by atoms with E-state index in [1.165, 1.54) is 31.3 Å². The maximum Gasteiger partial charge on any atom is 0.239 e. The Hall–Kier alpha value is -1.48. The van der Waals surface area contributed by atoms with E-state index >= 15 is 0 Å². The van der Waals surface area contributed by atoms with Crippen molar-refractivity contribution in [3.63, 3.8) is 0 Å². The first-order valence-corrected chi connectivity index (χ1v) is 7.97. The molecule has 0 saturated heterocycles. The normalized spacial score (nSPS) is 14.5. The molecular formula is C17H23ClN2O. The maximum atomic E-state index is 11.8.